The third-order valence-electron chi connectivity index (χ3n) is 4.62. The van der Waals surface area contributed by atoms with Crippen LogP contribution in [0.25, 0.3) is 11.2 Å². The molecule has 0 amide bonds. The molecule has 4 rings (SSSR count). The lowest BCUT2D eigenvalue weighted by Gasteiger charge is -2.30. The number of rotatable bonds is 7. The van der Waals surface area contributed by atoms with Gasteiger partial charge in [0.15, 0.2) is 17.3 Å². The molecule has 3 aromatic rings. The van der Waals surface area contributed by atoms with E-state index in [-0.39, 0.29) is 29.1 Å². The van der Waals surface area contributed by atoms with Crippen LogP contribution in [0.4, 0.5) is 29.2 Å². The summed E-state index contributed by atoms with van der Waals surface area (Å²) in [5, 5.41) is 12.9. The third-order valence-corrected chi connectivity index (χ3v) is 4.62. The molecule has 1 fully saturated rings. The zero-order valence-corrected chi connectivity index (χ0v) is 14.9. The molecule has 4 heterocycles. The van der Waals surface area contributed by atoms with Crippen molar-refractivity contribution < 1.29 is 27.0 Å². The van der Waals surface area contributed by atoms with Crippen LogP contribution < -0.4 is 10.1 Å². The first-order valence-electron chi connectivity index (χ1n) is 8.84. The Balaban J connectivity index is 1.60. The summed E-state index contributed by atoms with van der Waals surface area (Å²) < 4.78 is 62.9. The van der Waals surface area contributed by atoms with Gasteiger partial charge in [0, 0.05) is 19.3 Å². The van der Waals surface area contributed by atoms with Crippen LogP contribution in [-0.4, -0.2) is 56.2 Å². The lowest BCUT2D eigenvalue weighted by molar-refractivity contribution is -0.0528. The van der Waals surface area contributed by atoms with Crippen LogP contribution in [0.5, 0.6) is 5.88 Å². The number of nitrogens with one attached hydrogen (secondary N) is 2. The average Bonchev–Trinajstić information content (AvgIpc) is 3.29. The summed E-state index contributed by atoms with van der Waals surface area (Å²) in [5.41, 5.74) is 0.545. The van der Waals surface area contributed by atoms with Gasteiger partial charge >= 0.3 is 6.61 Å². The molecule has 0 unspecified atom stereocenters. The summed E-state index contributed by atoms with van der Waals surface area (Å²) in [4.78, 5) is 8.49. The summed E-state index contributed by atoms with van der Waals surface area (Å²) in [5.74, 6) is -0.200. The van der Waals surface area contributed by atoms with Gasteiger partial charge in [-0.15, -0.1) is 0 Å². The highest BCUT2D eigenvalue weighted by Crippen LogP contribution is 2.34. The summed E-state index contributed by atoms with van der Waals surface area (Å²) in [6, 6.07) is 0.0525. The zero-order valence-electron chi connectivity index (χ0n) is 14.9. The molecule has 2 N–H and O–H groups in total. The van der Waals surface area contributed by atoms with Crippen molar-refractivity contribution in [3.05, 3.63) is 18.5 Å². The van der Waals surface area contributed by atoms with Crippen LogP contribution in [-0.2, 0) is 4.74 Å². The first kappa shape index (κ1) is 19.4. The topological polar surface area (TPSA) is 103 Å². The van der Waals surface area contributed by atoms with E-state index < -0.39 is 19.1 Å². The number of nitrogens with zero attached hydrogens (tertiary/aromatic N) is 5. The van der Waals surface area contributed by atoms with Gasteiger partial charge in [-0.05, 0) is 18.8 Å². The number of aromatic amines is 1. The van der Waals surface area contributed by atoms with Crippen molar-refractivity contribution in [3.8, 4) is 5.88 Å². The Labute approximate surface area is 161 Å². The van der Waals surface area contributed by atoms with Gasteiger partial charge in [-0.3, -0.25) is 0 Å². The molecule has 1 aliphatic rings. The maximum atomic E-state index is 13.9. The molecule has 1 atom stereocenters. The molecule has 156 valence electrons. The minimum Gasteiger partial charge on any atom is -0.417 e. The second kappa shape index (κ2) is 8.19. The van der Waals surface area contributed by atoms with Gasteiger partial charge in [0.25, 0.3) is 6.43 Å². The number of halogens is 4. The van der Waals surface area contributed by atoms with Gasteiger partial charge in [0.2, 0.25) is 5.88 Å². The first-order chi connectivity index (χ1) is 14.0. The molecule has 0 aromatic carbocycles. The van der Waals surface area contributed by atoms with Gasteiger partial charge in [-0.1, -0.05) is 0 Å². The minimum absolute atomic E-state index is 0.148. The van der Waals surface area contributed by atoms with Crippen LogP contribution in [0, 0.1) is 5.92 Å². The standard InChI is InChI=1S/C16H17F4N7O2/c17-14(18)13(8-1-3-28-4-2-8)27-15-9(6-22-27)21-7-11(24-15)23-10-5-12(26-25-10)29-16(19)20/h5-8,13-14,16H,1-4H2,(H2,23,24,25,26)/t13-/m1/s1. The highest BCUT2D eigenvalue weighted by atomic mass is 19.3. The molecule has 3 aromatic heterocycles. The van der Waals surface area contributed by atoms with Crippen LogP contribution in [0.15, 0.2) is 18.5 Å². The molecule has 1 aliphatic heterocycles. The summed E-state index contributed by atoms with van der Waals surface area (Å²) in [6.45, 7) is -2.15. The molecule has 0 aliphatic carbocycles. The SMILES string of the molecule is FC(F)Oc1cc(Nc2cnc3cnn([C@@H](C(F)F)C4CCOCC4)c3n2)n[nH]1. The van der Waals surface area contributed by atoms with E-state index in [1.54, 1.807) is 0 Å². The Hall–Kier alpha value is -2.96. The predicted molar refractivity (Wildman–Crippen MR) is 92.4 cm³/mol. The van der Waals surface area contributed by atoms with E-state index in [9.17, 15) is 17.6 Å². The Morgan fingerprint density at radius 3 is 2.69 bits per heavy atom. The third kappa shape index (κ3) is 4.23. The monoisotopic (exact) mass is 415 g/mol. The lowest BCUT2D eigenvalue weighted by Crippen LogP contribution is -2.31. The average molecular weight is 415 g/mol. The Bertz CT molecular complexity index is 958. The van der Waals surface area contributed by atoms with Crippen molar-refractivity contribution in [2.24, 2.45) is 5.92 Å². The van der Waals surface area contributed by atoms with Crippen LogP contribution >= 0.6 is 0 Å². The molecule has 9 nitrogen and oxygen atoms in total. The minimum atomic E-state index is -3.00. The Kier molecular flexibility index (Phi) is 5.47. The molecule has 0 bridgehead atoms. The number of alkyl halides is 4. The largest absolute Gasteiger partial charge is 0.417 e. The summed E-state index contributed by atoms with van der Waals surface area (Å²) in [7, 11) is 0. The number of H-pyrrole nitrogens is 1. The molecule has 29 heavy (non-hydrogen) atoms. The van der Waals surface area contributed by atoms with Crippen molar-refractivity contribution >= 4 is 22.8 Å². The van der Waals surface area contributed by atoms with E-state index in [1.165, 1.54) is 23.1 Å². The molecule has 0 spiro atoms. The van der Waals surface area contributed by atoms with Gasteiger partial charge in [0.1, 0.15) is 11.6 Å². The maximum Gasteiger partial charge on any atom is 0.388 e. The normalized spacial score (nSPS) is 16.6. The van der Waals surface area contributed by atoms with Crippen molar-refractivity contribution in [2.45, 2.75) is 31.9 Å². The summed E-state index contributed by atoms with van der Waals surface area (Å²) in [6.07, 6.45) is 1.11. The number of fused-ring (bicyclic) bond motifs is 1. The van der Waals surface area contributed by atoms with Gasteiger partial charge in [0.05, 0.1) is 12.4 Å². The van der Waals surface area contributed by atoms with Crippen molar-refractivity contribution in [3.63, 3.8) is 0 Å². The Morgan fingerprint density at radius 2 is 1.97 bits per heavy atom. The van der Waals surface area contributed by atoms with Gasteiger partial charge < -0.3 is 14.8 Å². The van der Waals surface area contributed by atoms with E-state index >= 15 is 0 Å². The zero-order chi connectivity index (χ0) is 20.4. The van der Waals surface area contributed by atoms with Crippen molar-refractivity contribution in [2.75, 3.05) is 18.5 Å². The number of hydrogen-bond donors (Lipinski definition) is 2. The fourth-order valence-electron chi connectivity index (χ4n) is 3.32. The first-order valence-corrected chi connectivity index (χ1v) is 8.84. The molecule has 1 saturated heterocycles. The fourth-order valence-corrected chi connectivity index (χ4v) is 3.32. The predicted octanol–water partition coefficient (Wildman–Crippen LogP) is 3.13. The number of anilines is 2. The second-order valence-corrected chi connectivity index (χ2v) is 6.45. The van der Waals surface area contributed by atoms with E-state index in [1.807, 2.05) is 0 Å². The maximum absolute atomic E-state index is 13.9. The van der Waals surface area contributed by atoms with Crippen LogP contribution in [0.3, 0.4) is 0 Å². The molecular formula is C16H17F4N7O2. The fraction of sp³-hybridized carbons (Fsp3) is 0.500. The smallest absolute Gasteiger partial charge is 0.388 e. The van der Waals surface area contributed by atoms with Gasteiger partial charge in [-0.25, -0.2) is 28.5 Å². The molecular weight excluding hydrogens is 398 g/mol. The molecule has 0 saturated carbocycles. The second-order valence-electron chi connectivity index (χ2n) is 6.45. The van der Waals surface area contributed by atoms with E-state index in [0.29, 0.717) is 31.6 Å². The Morgan fingerprint density at radius 1 is 1.17 bits per heavy atom. The molecule has 13 heteroatoms. The van der Waals surface area contributed by atoms with Crippen molar-refractivity contribution in [1.29, 1.82) is 0 Å². The highest BCUT2D eigenvalue weighted by molar-refractivity contribution is 5.72. The highest BCUT2D eigenvalue weighted by Gasteiger charge is 2.34. The van der Waals surface area contributed by atoms with E-state index in [2.05, 4.69) is 35.3 Å². The van der Waals surface area contributed by atoms with Crippen LogP contribution in [0.1, 0.15) is 18.9 Å². The van der Waals surface area contributed by atoms with E-state index in [0.717, 1.165) is 0 Å². The lowest BCUT2D eigenvalue weighted by atomic mass is 9.92. The number of ether oxygens (including phenoxy) is 2. The quantitative estimate of drug-likeness (QED) is 0.572. The van der Waals surface area contributed by atoms with Gasteiger partial charge in [-0.2, -0.15) is 19.0 Å². The summed E-state index contributed by atoms with van der Waals surface area (Å²) >= 11 is 0. The van der Waals surface area contributed by atoms with E-state index in [4.69, 9.17) is 4.74 Å². The molecule has 0 radical (unpaired) electrons. The number of aromatic nitrogens is 6. The van der Waals surface area contributed by atoms with Crippen LogP contribution in [0.2, 0.25) is 0 Å². The number of hydrogen-bond acceptors (Lipinski definition) is 7. The van der Waals surface area contributed by atoms with Crippen molar-refractivity contribution in [1.82, 2.24) is 29.9 Å².